The molecule has 3 nitrogen and oxygen atoms in total. The van der Waals surface area contributed by atoms with Crippen LogP contribution < -0.4 is 9.75 Å². The van der Waals surface area contributed by atoms with Gasteiger partial charge >= 0.3 is 0 Å². The van der Waals surface area contributed by atoms with Crippen molar-refractivity contribution in [1.29, 1.82) is 0 Å². The fourth-order valence-electron chi connectivity index (χ4n) is 5.99. The predicted octanol–water partition coefficient (Wildman–Crippen LogP) is 8.89. The van der Waals surface area contributed by atoms with Crippen molar-refractivity contribution in [2.75, 3.05) is 0 Å². The summed E-state index contributed by atoms with van der Waals surface area (Å²) in [7, 11) is 0.557. The van der Waals surface area contributed by atoms with Crippen LogP contribution in [0.1, 0.15) is 42.1 Å². The molecular formula is C34H37N2OSi+. The summed E-state index contributed by atoms with van der Waals surface area (Å²) in [5, 5.41) is 3.67. The van der Waals surface area contributed by atoms with Crippen LogP contribution in [-0.4, -0.2) is 8.07 Å². The predicted molar refractivity (Wildman–Crippen MR) is 163 cm³/mol. The lowest BCUT2D eigenvalue weighted by Crippen LogP contribution is -2.47. The van der Waals surface area contributed by atoms with E-state index in [0.29, 0.717) is 11.6 Å². The molecule has 0 atom stereocenters. The van der Waals surface area contributed by atoms with E-state index in [-0.39, 0.29) is 0 Å². The van der Waals surface area contributed by atoms with Crippen molar-refractivity contribution in [3.05, 3.63) is 88.4 Å². The largest absolute Gasteiger partial charge is 0.456 e. The molecule has 0 spiro atoms. The molecule has 0 aliphatic heterocycles. The first kappa shape index (κ1) is 25.9. The van der Waals surface area contributed by atoms with Gasteiger partial charge in [0.1, 0.15) is 18.2 Å². The standard InChI is InChI=1S/C34H37N2OSi/c1-20(2)29-23(5)36(7)27(19-28(29)38(8,9)10)30-21(3)16-17-25-26-18-22(4)32(35-6)31(34(26)37-33(25)30)24-14-12-11-13-15-24/h11-20H,1-5,7-10H3/q+1. The molecule has 5 aromatic rings. The van der Waals surface area contributed by atoms with E-state index in [1.165, 1.54) is 27.7 Å². The molecule has 5 rings (SSSR count). The second-order valence-corrected chi connectivity index (χ2v) is 17.0. The van der Waals surface area contributed by atoms with Crippen molar-refractivity contribution in [2.45, 2.75) is 60.2 Å². The van der Waals surface area contributed by atoms with Crippen LogP contribution in [0.15, 0.2) is 59.0 Å². The third kappa shape index (κ3) is 3.97. The zero-order valence-corrected chi connectivity index (χ0v) is 25.1. The number of hydrogen-bond donors (Lipinski definition) is 0. The van der Waals surface area contributed by atoms with Gasteiger partial charge in [0.2, 0.25) is 11.4 Å². The lowest BCUT2D eigenvalue weighted by molar-refractivity contribution is -0.667. The lowest BCUT2D eigenvalue weighted by Gasteiger charge is -2.24. The quantitative estimate of drug-likeness (QED) is 0.132. The Morgan fingerprint density at radius 3 is 2.11 bits per heavy atom. The average Bonchev–Trinajstić information content (AvgIpc) is 3.22. The second-order valence-electron chi connectivity index (χ2n) is 11.9. The van der Waals surface area contributed by atoms with Crippen LogP contribution in [0.5, 0.6) is 0 Å². The molecular weight excluding hydrogens is 480 g/mol. The summed E-state index contributed by atoms with van der Waals surface area (Å²) in [6, 6.07) is 19.1. The highest BCUT2D eigenvalue weighted by atomic mass is 28.3. The molecule has 0 bridgehead atoms. The Balaban J connectivity index is 1.94. The number of hydrogen-bond acceptors (Lipinski definition) is 1. The van der Waals surface area contributed by atoms with E-state index in [0.717, 1.165) is 44.2 Å². The van der Waals surface area contributed by atoms with Crippen LogP contribution in [0.2, 0.25) is 19.6 Å². The van der Waals surface area contributed by atoms with Gasteiger partial charge in [-0.3, -0.25) is 0 Å². The molecule has 2 aromatic heterocycles. The SMILES string of the molecule is [C-]#[N+]c1c(C)cc2c(oc3c(-c4cc([Si](C)(C)C)c(C(C)C)c(C)[n+]4C)c(C)ccc32)c1-c1ccccc1. The van der Waals surface area contributed by atoms with Gasteiger partial charge in [-0.2, -0.15) is 4.57 Å². The van der Waals surface area contributed by atoms with Gasteiger partial charge in [0, 0.05) is 34.9 Å². The molecule has 0 aliphatic rings. The van der Waals surface area contributed by atoms with Gasteiger partial charge in [-0.15, -0.1) is 0 Å². The smallest absolute Gasteiger partial charge is 0.216 e. The van der Waals surface area contributed by atoms with Crippen molar-refractivity contribution in [3.8, 4) is 22.4 Å². The van der Waals surface area contributed by atoms with Crippen molar-refractivity contribution in [2.24, 2.45) is 7.05 Å². The summed E-state index contributed by atoms with van der Waals surface area (Å²) in [4.78, 5) is 3.95. The van der Waals surface area contributed by atoms with E-state index in [1.807, 2.05) is 25.1 Å². The Bertz CT molecular complexity index is 1760. The topological polar surface area (TPSA) is 21.4 Å². The summed E-state index contributed by atoms with van der Waals surface area (Å²) in [5.74, 6) is 0.462. The van der Waals surface area contributed by atoms with Gasteiger partial charge in [0.15, 0.2) is 5.69 Å². The molecule has 0 radical (unpaired) electrons. The number of pyridine rings is 1. The minimum Gasteiger partial charge on any atom is -0.456 e. The van der Waals surface area contributed by atoms with E-state index in [9.17, 15) is 0 Å². The van der Waals surface area contributed by atoms with Crippen molar-refractivity contribution >= 4 is 40.9 Å². The van der Waals surface area contributed by atoms with Gasteiger partial charge in [-0.25, -0.2) is 4.85 Å². The van der Waals surface area contributed by atoms with E-state index >= 15 is 0 Å². The van der Waals surface area contributed by atoms with Crippen LogP contribution in [0, 0.1) is 27.3 Å². The van der Waals surface area contributed by atoms with Crippen molar-refractivity contribution in [3.63, 3.8) is 0 Å². The summed E-state index contributed by atoms with van der Waals surface area (Å²) in [5.41, 5.74) is 11.5. The molecule has 0 N–H and O–H groups in total. The molecule has 3 aromatic carbocycles. The molecule has 0 saturated carbocycles. The highest BCUT2D eigenvalue weighted by molar-refractivity contribution is 6.89. The fourth-order valence-corrected chi connectivity index (χ4v) is 7.84. The minimum absolute atomic E-state index is 0.462. The van der Waals surface area contributed by atoms with Gasteiger partial charge in [-0.05, 0) is 41.6 Å². The highest BCUT2D eigenvalue weighted by Gasteiger charge is 2.32. The molecule has 192 valence electrons. The number of rotatable bonds is 4. The Hall–Kier alpha value is -3.68. The fraction of sp³-hybridized carbons (Fsp3) is 0.294. The number of fused-ring (bicyclic) bond motifs is 3. The summed E-state index contributed by atoms with van der Waals surface area (Å²) >= 11 is 0. The van der Waals surface area contributed by atoms with Gasteiger partial charge in [0.05, 0.1) is 20.2 Å². The second kappa shape index (κ2) is 9.25. The van der Waals surface area contributed by atoms with Gasteiger partial charge in [0.25, 0.3) is 0 Å². The Kier molecular flexibility index (Phi) is 6.32. The summed E-state index contributed by atoms with van der Waals surface area (Å²) in [6.07, 6.45) is 0. The maximum absolute atomic E-state index is 7.97. The van der Waals surface area contributed by atoms with Crippen molar-refractivity contribution in [1.82, 2.24) is 0 Å². The first-order chi connectivity index (χ1) is 18.0. The number of aromatic nitrogens is 1. The van der Waals surface area contributed by atoms with Crippen molar-refractivity contribution < 1.29 is 8.98 Å². The normalized spacial score (nSPS) is 12.0. The zero-order chi connectivity index (χ0) is 27.5. The highest BCUT2D eigenvalue weighted by Crippen LogP contribution is 2.46. The zero-order valence-electron chi connectivity index (χ0n) is 24.1. The van der Waals surface area contributed by atoms with Crippen LogP contribution in [0.3, 0.4) is 0 Å². The number of benzene rings is 3. The van der Waals surface area contributed by atoms with E-state index in [4.69, 9.17) is 11.0 Å². The molecule has 0 unspecified atom stereocenters. The van der Waals surface area contributed by atoms with E-state index in [1.54, 1.807) is 0 Å². The number of aryl methyl sites for hydroxylation is 2. The monoisotopic (exact) mass is 517 g/mol. The molecule has 0 amide bonds. The van der Waals surface area contributed by atoms with E-state index < -0.39 is 8.07 Å². The van der Waals surface area contributed by atoms with Crippen LogP contribution in [0.25, 0.3) is 49.2 Å². The van der Waals surface area contributed by atoms with E-state index in [2.05, 4.69) is 100 Å². The summed E-state index contributed by atoms with van der Waals surface area (Å²) in [6.45, 7) is 26.4. The lowest BCUT2D eigenvalue weighted by atomic mass is 9.95. The summed E-state index contributed by atoms with van der Waals surface area (Å²) < 4.78 is 9.20. The Morgan fingerprint density at radius 1 is 0.842 bits per heavy atom. The van der Waals surface area contributed by atoms with Crippen LogP contribution in [-0.2, 0) is 7.05 Å². The average molecular weight is 518 g/mol. The molecule has 0 saturated heterocycles. The molecule has 38 heavy (non-hydrogen) atoms. The molecule has 2 heterocycles. The Morgan fingerprint density at radius 2 is 1.50 bits per heavy atom. The molecule has 0 fully saturated rings. The molecule has 0 aliphatic carbocycles. The van der Waals surface area contributed by atoms with Crippen LogP contribution >= 0.6 is 0 Å². The third-order valence-corrected chi connectivity index (χ3v) is 9.97. The third-order valence-electron chi connectivity index (χ3n) is 7.94. The maximum atomic E-state index is 7.97. The Labute approximate surface area is 227 Å². The first-order valence-corrected chi connectivity index (χ1v) is 16.9. The molecule has 4 heteroatoms. The number of nitrogens with zero attached hydrogens (tertiary/aromatic N) is 2. The minimum atomic E-state index is -1.63. The first-order valence-electron chi connectivity index (χ1n) is 13.4. The van der Waals surface area contributed by atoms with Gasteiger partial charge < -0.3 is 4.42 Å². The van der Waals surface area contributed by atoms with Gasteiger partial charge in [-0.1, -0.05) is 82.0 Å². The van der Waals surface area contributed by atoms with Crippen LogP contribution in [0.4, 0.5) is 5.69 Å². The number of furan rings is 1. The maximum Gasteiger partial charge on any atom is 0.216 e.